The molecule has 0 heterocycles. The maximum Gasteiger partial charge on any atom is 0.338 e. The molecule has 0 aromatic heterocycles. The van der Waals surface area contributed by atoms with Crippen LogP contribution >= 0.6 is 11.8 Å². The van der Waals surface area contributed by atoms with E-state index in [0.717, 1.165) is 4.90 Å². The summed E-state index contributed by atoms with van der Waals surface area (Å²) < 4.78 is 10.3. The summed E-state index contributed by atoms with van der Waals surface area (Å²) >= 11 is 1.32. The lowest BCUT2D eigenvalue weighted by atomic mass is 10.2. The van der Waals surface area contributed by atoms with Crippen LogP contribution in [0.15, 0.2) is 53.4 Å². The first kappa shape index (κ1) is 19.3. The Bertz CT molecular complexity index is 800. The monoisotopic (exact) mass is 370 g/mol. The van der Waals surface area contributed by atoms with Gasteiger partial charge < -0.3 is 14.8 Å². The van der Waals surface area contributed by atoms with Crippen LogP contribution in [0.25, 0.3) is 0 Å². The molecule has 6 nitrogen and oxygen atoms in total. The second-order valence-corrected chi connectivity index (χ2v) is 6.04. The molecule has 0 aliphatic rings. The van der Waals surface area contributed by atoms with E-state index in [4.69, 9.17) is 14.7 Å². The third-order valence-corrected chi connectivity index (χ3v) is 4.13. The summed E-state index contributed by atoms with van der Waals surface area (Å²) in [6, 6.07) is 15.7. The van der Waals surface area contributed by atoms with Gasteiger partial charge in [0.1, 0.15) is 5.75 Å². The SMILES string of the molecule is CCOc1ccc(C(=O)OCC(=O)Nc2ccccc2SCC#N)cc1. The minimum absolute atomic E-state index is 0.277. The smallest absolute Gasteiger partial charge is 0.338 e. The molecule has 0 radical (unpaired) electrons. The van der Waals surface area contributed by atoms with Crippen LogP contribution in [-0.4, -0.2) is 30.8 Å². The summed E-state index contributed by atoms with van der Waals surface area (Å²) in [6.07, 6.45) is 0. The quantitative estimate of drug-likeness (QED) is 0.565. The highest BCUT2D eigenvalue weighted by Crippen LogP contribution is 2.26. The van der Waals surface area contributed by atoms with Crippen molar-refractivity contribution in [2.45, 2.75) is 11.8 Å². The fourth-order valence-electron chi connectivity index (χ4n) is 2.06. The average molecular weight is 370 g/mol. The molecule has 1 amide bonds. The number of nitriles is 1. The van der Waals surface area contributed by atoms with Gasteiger partial charge in [0.05, 0.1) is 29.7 Å². The van der Waals surface area contributed by atoms with E-state index in [-0.39, 0.29) is 5.75 Å². The molecule has 0 spiro atoms. The van der Waals surface area contributed by atoms with E-state index in [1.165, 1.54) is 11.8 Å². The number of esters is 1. The van der Waals surface area contributed by atoms with E-state index in [2.05, 4.69) is 5.32 Å². The molecule has 26 heavy (non-hydrogen) atoms. The summed E-state index contributed by atoms with van der Waals surface area (Å²) in [4.78, 5) is 24.8. The summed E-state index contributed by atoms with van der Waals surface area (Å²) in [5.41, 5.74) is 0.918. The standard InChI is InChI=1S/C19H18N2O4S/c1-2-24-15-9-7-14(8-10-15)19(23)25-13-18(22)21-16-5-3-4-6-17(16)26-12-11-20/h3-10H,2,12-13H2,1H3,(H,21,22). The van der Waals surface area contributed by atoms with Gasteiger partial charge in [-0.05, 0) is 43.3 Å². The van der Waals surface area contributed by atoms with Crippen molar-refractivity contribution < 1.29 is 19.1 Å². The minimum atomic E-state index is -0.588. The van der Waals surface area contributed by atoms with Gasteiger partial charge in [0.2, 0.25) is 0 Å². The number of thioether (sulfide) groups is 1. The fourth-order valence-corrected chi connectivity index (χ4v) is 2.73. The number of anilines is 1. The number of ether oxygens (including phenoxy) is 2. The Morgan fingerprint density at radius 3 is 2.58 bits per heavy atom. The van der Waals surface area contributed by atoms with Crippen molar-refractivity contribution in [2.24, 2.45) is 0 Å². The lowest BCUT2D eigenvalue weighted by Crippen LogP contribution is -2.21. The molecule has 0 bridgehead atoms. The third kappa shape index (κ3) is 5.83. The Kier molecular flexibility index (Phi) is 7.52. The van der Waals surface area contributed by atoms with Crippen molar-refractivity contribution in [3.05, 3.63) is 54.1 Å². The van der Waals surface area contributed by atoms with Crippen LogP contribution in [0.3, 0.4) is 0 Å². The van der Waals surface area contributed by atoms with Crippen LogP contribution in [0.4, 0.5) is 5.69 Å². The van der Waals surface area contributed by atoms with Crippen LogP contribution in [-0.2, 0) is 9.53 Å². The Morgan fingerprint density at radius 1 is 1.15 bits per heavy atom. The molecular formula is C19H18N2O4S. The van der Waals surface area contributed by atoms with Gasteiger partial charge in [-0.25, -0.2) is 4.79 Å². The molecular weight excluding hydrogens is 352 g/mol. The van der Waals surface area contributed by atoms with Crippen LogP contribution in [0.2, 0.25) is 0 Å². The van der Waals surface area contributed by atoms with Crippen molar-refractivity contribution in [3.63, 3.8) is 0 Å². The fraction of sp³-hybridized carbons (Fsp3) is 0.211. The van der Waals surface area contributed by atoms with Crippen LogP contribution in [0, 0.1) is 11.3 Å². The first-order chi connectivity index (χ1) is 12.6. The van der Waals surface area contributed by atoms with Crippen molar-refractivity contribution in [2.75, 3.05) is 24.3 Å². The van der Waals surface area contributed by atoms with Gasteiger partial charge in [-0.2, -0.15) is 5.26 Å². The zero-order chi connectivity index (χ0) is 18.8. The molecule has 0 atom stereocenters. The Morgan fingerprint density at radius 2 is 1.88 bits per heavy atom. The number of rotatable bonds is 8. The lowest BCUT2D eigenvalue weighted by Gasteiger charge is -2.10. The highest BCUT2D eigenvalue weighted by Gasteiger charge is 2.12. The van der Waals surface area contributed by atoms with Gasteiger partial charge in [-0.3, -0.25) is 4.79 Å². The molecule has 0 aliphatic carbocycles. The number of amides is 1. The van der Waals surface area contributed by atoms with Gasteiger partial charge in [0.15, 0.2) is 6.61 Å². The summed E-state index contributed by atoms with van der Waals surface area (Å²) in [5.74, 6) is -0.0996. The van der Waals surface area contributed by atoms with Crippen molar-refractivity contribution >= 4 is 29.3 Å². The zero-order valence-corrected chi connectivity index (χ0v) is 15.0. The van der Waals surface area contributed by atoms with Crippen LogP contribution < -0.4 is 10.1 Å². The lowest BCUT2D eigenvalue weighted by molar-refractivity contribution is -0.119. The van der Waals surface area contributed by atoms with E-state index in [1.54, 1.807) is 36.4 Å². The highest BCUT2D eigenvalue weighted by atomic mass is 32.2. The topological polar surface area (TPSA) is 88.4 Å². The third-order valence-electron chi connectivity index (χ3n) is 3.19. The Labute approximate surface area is 156 Å². The maximum absolute atomic E-state index is 12.0. The molecule has 0 fully saturated rings. The Hall–Kier alpha value is -2.98. The molecule has 134 valence electrons. The summed E-state index contributed by atoms with van der Waals surface area (Å²) in [5, 5.41) is 11.4. The van der Waals surface area contributed by atoms with Gasteiger partial charge in [0, 0.05) is 4.90 Å². The first-order valence-corrected chi connectivity index (χ1v) is 8.91. The predicted molar refractivity (Wildman–Crippen MR) is 99.3 cm³/mol. The number of para-hydroxylation sites is 1. The number of nitrogens with zero attached hydrogens (tertiary/aromatic N) is 1. The van der Waals surface area contributed by atoms with Gasteiger partial charge in [-0.15, -0.1) is 11.8 Å². The number of hydrogen-bond acceptors (Lipinski definition) is 6. The van der Waals surface area contributed by atoms with Crippen LogP contribution in [0.1, 0.15) is 17.3 Å². The van der Waals surface area contributed by atoms with Crippen molar-refractivity contribution in [1.82, 2.24) is 0 Å². The molecule has 2 aromatic rings. The van der Waals surface area contributed by atoms with E-state index in [1.807, 2.05) is 25.1 Å². The van der Waals surface area contributed by atoms with E-state index in [0.29, 0.717) is 23.6 Å². The predicted octanol–water partition coefficient (Wildman–Crippen LogP) is 3.50. The first-order valence-electron chi connectivity index (χ1n) is 7.92. The molecule has 2 aromatic carbocycles. The number of carbonyl (C=O) groups excluding carboxylic acids is 2. The van der Waals surface area contributed by atoms with Gasteiger partial charge in [-0.1, -0.05) is 12.1 Å². The highest BCUT2D eigenvalue weighted by molar-refractivity contribution is 7.99. The van der Waals surface area contributed by atoms with Gasteiger partial charge >= 0.3 is 5.97 Å². The van der Waals surface area contributed by atoms with Crippen LogP contribution in [0.5, 0.6) is 5.75 Å². The number of hydrogen-bond donors (Lipinski definition) is 1. The average Bonchev–Trinajstić information content (AvgIpc) is 2.66. The molecule has 0 saturated carbocycles. The zero-order valence-electron chi connectivity index (χ0n) is 14.2. The number of benzene rings is 2. The molecule has 0 aliphatic heterocycles. The summed E-state index contributed by atoms with van der Waals surface area (Å²) in [7, 11) is 0. The number of carbonyl (C=O) groups is 2. The van der Waals surface area contributed by atoms with E-state index in [9.17, 15) is 9.59 Å². The summed E-state index contributed by atoms with van der Waals surface area (Å²) in [6.45, 7) is 2.01. The van der Waals surface area contributed by atoms with Crippen molar-refractivity contribution in [3.8, 4) is 11.8 Å². The van der Waals surface area contributed by atoms with Gasteiger partial charge in [0.25, 0.3) is 5.91 Å². The van der Waals surface area contributed by atoms with E-state index >= 15 is 0 Å². The molecule has 0 saturated heterocycles. The van der Waals surface area contributed by atoms with Crippen molar-refractivity contribution in [1.29, 1.82) is 5.26 Å². The normalized spacial score (nSPS) is 9.85. The maximum atomic E-state index is 12.0. The number of nitrogens with one attached hydrogen (secondary N) is 1. The second-order valence-electron chi connectivity index (χ2n) is 5.02. The molecule has 1 N–H and O–H groups in total. The molecule has 7 heteroatoms. The van der Waals surface area contributed by atoms with E-state index < -0.39 is 18.5 Å². The second kappa shape index (κ2) is 10.1. The molecule has 2 rings (SSSR count). The molecule has 0 unspecified atom stereocenters. The largest absolute Gasteiger partial charge is 0.494 e. The Balaban J connectivity index is 1.88. The minimum Gasteiger partial charge on any atom is -0.494 e.